The minimum absolute atomic E-state index is 0.124. The second-order valence-electron chi connectivity index (χ2n) is 6.60. The highest BCUT2D eigenvalue weighted by atomic mass is 16.5. The number of benzene rings is 1. The Hall–Kier alpha value is -2.36. The van der Waals surface area contributed by atoms with E-state index in [4.69, 9.17) is 10.00 Å². The van der Waals surface area contributed by atoms with E-state index in [1.165, 1.54) is 10.9 Å². The number of hydrogen-bond donors (Lipinski definition) is 1. The molecule has 138 valence electrons. The maximum absolute atomic E-state index is 12.7. The molecule has 2 aromatic rings. The van der Waals surface area contributed by atoms with Gasteiger partial charge < -0.3 is 14.6 Å². The number of rotatable bonds is 8. The highest BCUT2D eigenvalue weighted by Gasteiger charge is 2.17. The molecule has 1 aliphatic rings. The molecule has 1 aliphatic heterocycles. The van der Waals surface area contributed by atoms with Crippen molar-refractivity contribution < 1.29 is 9.53 Å². The molecular formula is C20H26N4O2. The smallest absolute Gasteiger partial charge is 0.222 e. The summed E-state index contributed by atoms with van der Waals surface area (Å²) >= 11 is 0. The number of H-pyrrole nitrogens is 1. The SMILES string of the molecule is N#CCCN(CCN1CCOCC1)C(=O)CCc1c[nH]c2ccccc12. The number of amides is 1. The van der Waals surface area contributed by atoms with Crippen molar-refractivity contribution in [2.24, 2.45) is 0 Å². The summed E-state index contributed by atoms with van der Waals surface area (Å²) in [5, 5.41) is 10.1. The number of nitriles is 1. The summed E-state index contributed by atoms with van der Waals surface area (Å²) in [5.41, 5.74) is 2.27. The second-order valence-corrected chi connectivity index (χ2v) is 6.60. The summed E-state index contributed by atoms with van der Waals surface area (Å²) in [5.74, 6) is 0.124. The molecule has 0 spiro atoms. The lowest BCUT2D eigenvalue weighted by atomic mass is 10.1. The van der Waals surface area contributed by atoms with Gasteiger partial charge in [0.25, 0.3) is 0 Å². The normalized spacial score (nSPS) is 15.0. The summed E-state index contributed by atoms with van der Waals surface area (Å²) < 4.78 is 5.37. The summed E-state index contributed by atoms with van der Waals surface area (Å²) in [6.45, 7) is 5.36. The van der Waals surface area contributed by atoms with E-state index in [0.29, 0.717) is 32.4 Å². The zero-order valence-electron chi connectivity index (χ0n) is 15.1. The first-order valence-corrected chi connectivity index (χ1v) is 9.28. The van der Waals surface area contributed by atoms with Gasteiger partial charge in [0.15, 0.2) is 0 Å². The number of nitrogens with zero attached hydrogens (tertiary/aromatic N) is 3. The molecule has 6 heteroatoms. The van der Waals surface area contributed by atoms with Crippen molar-refractivity contribution in [3.63, 3.8) is 0 Å². The van der Waals surface area contributed by atoms with Crippen LogP contribution in [0.3, 0.4) is 0 Å². The number of carbonyl (C=O) groups excluding carboxylic acids is 1. The Morgan fingerprint density at radius 1 is 1.27 bits per heavy atom. The van der Waals surface area contributed by atoms with E-state index in [0.717, 1.165) is 38.4 Å². The van der Waals surface area contributed by atoms with Crippen LogP contribution in [0.15, 0.2) is 30.5 Å². The fourth-order valence-corrected chi connectivity index (χ4v) is 3.37. The fraction of sp³-hybridized carbons (Fsp3) is 0.500. The van der Waals surface area contributed by atoms with Crippen LogP contribution in [0.5, 0.6) is 0 Å². The highest BCUT2D eigenvalue weighted by Crippen LogP contribution is 2.19. The van der Waals surface area contributed by atoms with Crippen molar-refractivity contribution in [1.82, 2.24) is 14.8 Å². The number of fused-ring (bicyclic) bond motifs is 1. The number of para-hydroxylation sites is 1. The molecule has 3 rings (SSSR count). The van der Waals surface area contributed by atoms with Crippen molar-refractivity contribution in [1.29, 1.82) is 5.26 Å². The Labute approximate surface area is 154 Å². The predicted octanol–water partition coefficient (Wildman–Crippen LogP) is 2.17. The Kier molecular flexibility index (Phi) is 6.64. The van der Waals surface area contributed by atoms with Crippen LogP contribution < -0.4 is 0 Å². The largest absolute Gasteiger partial charge is 0.379 e. The average molecular weight is 354 g/mol. The van der Waals surface area contributed by atoms with Crippen molar-refractivity contribution in [2.45, 2.75) is 19.3 Å². The summed E-state index contributed by atoms with van der Waals surface area (Å²) in [7, 11) is 0. The van der Waals surface area contributed by atoms with Crippen molar-refractivity contribution in [3.05, 3.63) is 36.0 Å². The number of carbonyl (C=O) groups is 1. The van der Waals surface area contributed by atoms with Crippen molar-refractivity contribution in [3.8, 4) is 6.07 Å². The van der Waals surface area contributed by atoms with Crippen LogP contribution in [0.4, 0.5) is 0 Å². The maximum Gasteiger partial charge on any atom is 0.222 e. The molecule has 1 aromatic carbocycles. The molecule has 1 N–H and O–H groups in total. The van der Waals surface area contributed by atoms with Crippen LogP contribution in [0.2, 0.25) is 0 Å². The van der Waals surface area contributed by atoms with Gasteiger partial charge in [-0.25, -0.2) is 0 Å². The molecule has 1 amide bonds. The third kappa shape index (κ3) is 4.84. The molecule has 1 saturated heterocycles. The first kappa shape index (κ1) is 18.4. The Bertz CT molecular complexity index is 759. The number of hydrogen-bond acceptors (Lipinski definition) is 4. The number of ether oxygens (including phenoxy) is 1. The second kappa shape index (κ2) is 9.37. The van der Waals surface area contributed by atoms with Crippen LogP contribution in [-0.2, 0) is 16.0 Å². The minimum atomic E-state index is 0.124. The van der Waals surface area contributed by atoms with E-state index in [-0.39, 0.29) is 5.91 Å². The zero-order valence-corrected chi connectivity index (χ0v) is 15.1. The lowest BCUT2D eigenvalue weighted by Crippen LogP contribution is -2.43. The summed E-state index contributed by atoms with van der Waals surface area (Å²) in [6.07, 6.45) is 3.55. The van der Waals surface area contributed by atoms with Gasteiger partial charge in [0, 0.05) is 56.2 Å². The topological polar surface area (TPSA) is 72.4 Å². The Morgan fingerprint density at radius 3 is 2.88 bits per heavy atom. The van der Waals surface area contributed by atoms with Gasteiger partial charge in [-0.15, -0.1) is 0 Å². The van der Waals surface area contributed by atoms with E-state index in [2.05, 4.69) is 22.0 Å². The van der Waals surface area contributed by atoms with Gasteiger partial charge in [-0.3, -0.25) is 9.69 Å². The van der Waals surface area contributed by atoms with Crippen LogP contribution in [0.1, 0.15) is 18.4 Å². The van der Waals surface area contributed by atoms with Gasteiger partial charge in [0.2, 0.25) is 5.91 Å². The van der Waals surface area contributed by atoms with E-state index in [9.17, 15) is 4.79 Å². The van der Waals surface area contributed by atoms with E-state index >= 15 is 0 Å². The standard InChI is InChI=1S/C20H26N4O2/c21-8-3-9-24(11-10-23-12-14-26-15-13-23)20(25)7-6-17-16-22-19-5-2-1-4-18(17)19/h1-2,4-5,16,22H,3,6-7,9-15H2. The maximum atomic E-state index is 12.7. The van der Waals surface area contributed by atoms with E-state index < -0.39 is 0 Å². The molecule has 0 unspecified atom stereocenters. The molecule has 1 fully saturated rings. The summed E-state index contributed by atoms with van der Waals surface area (Å²) in [6, 6.07) is 10.3. The molecule has 0 atom stereocenters. The lowest BCUT2D eigenvalue weighted by molar-refractivity contribution is -0.131. The Morgan fingerprint density at radius 2 is 2.08 bits per heavy atom. The molecule has 2 heterocycles. The quantitative estimate of drug-likeness (QED) is 0.789. The van der Waals surface area contributed by atoms with Gasteiger partial charge in [0.05, 0.1) is 25.7 Å². The molecular weight excluding hydrogens is 328 g/mol. The average Bonchev–Trinajstić information content (AvgIpc) is 3.10. The van der Waals surface area contributed by atoms with Gasteiger partial charge >= 0.3 is 0 Å². The molecule has 26 heavy (non-hydrogen) atoms. The van der Waals surface area contributed by atoms with Crippen LogP contribution in [-0.4, -0.2) is 66.6 Å². The molecule has 0 bridgehead atoms. The van der Waals surface area contributed by atoms with Gasteiger partial charge in [-0.1, -0.05) is 18.2 Å². The fourth-order valence-electron chi connectivity index (χ4n) is 3.37. The Balaban J connectivity index is 1.55. The number of aryl methyl sites for hydroxylation is 1. The summed E-state index contributed by atoms with van der Waals surface area (Å²) in [4.78, 5) is 20.1. The van der Waals surface area contributed by atoms with Crippen LogP contribution in [0, 0.1) is 11.3 Å². The molecule has 0 saturated carbocycles. The lowest BCUT2D eigenvalue weighted by Gasteiger charge is -2.30. The van der Waals surface area contributed by atoms with Crippen molar-refractivity contribution >= 4 is 16.8 Å². The van der Waals surface area contributed by atoms with E-state index in [1.807, 2.05) is 29.3 Å². The zero-order chi connectivity index (χ0) is 18.2. The molecule has 0 aliphatic carbocycles. The van der Waals surface area contributed by atoms with Gasteiger partial charge in [-0.2, -0.15) is 5.26 Å². The van der Waals surface area contributed by atoms with E-state index in [1.54, 1.807) is 0 Å². The third-order valence-electron chi connectivity index (χ3n) is 4.92. The van der Waals surface area contributed by atoms with Crippen molar-refractivity contribution in [2.75, 3.05) is 45.9 Å². The number of aromatic amines is 1. The number of nitrogens with one attached hydrogen (secondary N) is 1. The third-order valence-corrected chi connectivity index (χ3v) is 4.92. The highest BCUT2D eigenvalue weighted by molar-refractivity contribution is 5.84. The van der Waals surface area contributed by atoms with Crippen LogP contribution in [0.25, 0.3) is 10.9 Å². The molecule has 6 nitrogen and oxygen atoms in total. The predicted molar refractivity (Wildman–Crippen MR) is 101 cm³/mol. The molecule has 0 radical (unpaired) electrons. The van der Waals surface area contributed by atoms with Gasteiger partial charge in [0.1, 0.15) is 0 Å². The number of morpholine rings is 1. The monoisotopic (exact) mass is 354 g/mol. The first-order valence-electron chi connectivity index (χ1n) is 9.28. The molecule has 1 aromatic heterocycles. The number of aromatic nitrogens is 1. The minimum Gasteiger partial charge on any atom is -0.379 e. The van der Waals surface area contributed by atoms with Crippen LogP contribution >= 0.6 is 0 Å². The first-order chi connectivity index (χ1) is 12.8. The van der Waals surface area contributed by atoms with Gasteiger partial charge in [-0.05, 0) is 18.1 Å².